The maximum atomic E-state index is 11.1. The molecule has 2 rings (SSSR count). The van der Waals surface area contributed by atoms with Crippen LogP contribution in [0.3, 0.4) is 0 Å². The van der Waals surface area contributed by atoms with Crippen LogP contribution in [-0.2, 0) is 0 Å². The summed E-state index contributed by atoms with van der Waals surface area (Å²) in [6, 6.07) is 11.1. The minimum Gasteiger partial charge on any atom is -0.379 e. The molecule has 4 nitrogen and oxygen atoms in total. The lowest BCUT2D eigenvalue weighted by Gasteiger charge is -2.10. The van der Waals surface area contributed by atoms with Crippen LogP contribution in [0.2, 0.25) is 0 Å². The van der Waals surface area contributed by atoms with E-state index in [1.54, 1.807) is 12.1 Å². The Labute approximate surface area is 120 Å². The van der Waals surface area contributed by atoms with Crippen LogP contribution in [0.15, 0.2) is 36.4 Å². The fourth-order valence-electron chi connectivity index (χ4n) is 2.03. The number of anilines is 1. The second-order valence-electron chi connectivity index (χ2n) is 4.26. The summed E-state index contributed by atoms with van der Waals surface area (Å²) in [4.78, 5) is 10.8. The summed E-state index contributed by atoms with van der Waals surface area (Å²) in [5.41, 5.74) is 0.759. The number of fused-ring (bicyclic) bond motifs is 1. The molecule has 0 amide bonds. The van der Waals surface area contributed by atoms with Crippen molar-refractivity contribution in [3.8, 4) is 0 Å². The van der Waals surface area contributed by atoms with Crippen LogP contribution >= 0.6 is 15.9 Å². The van der Waals surface area contributed by atoms with Crippen LogP contribution in [0.25, 0.3) is 10.8 Å². The van der Waals surface area contributed by atoms with Crippen molar-refractivity contribution in [3.63, 3.8) is 0 Å². The van der Waals surface area contributed by atoms with E-state index < -0.39 is 0 Å². The summed E-state index contributed by atoms with van der Waals surface area (Å²) in [5, 5.41) is 17.2. The fourth-order valence-corrected chi connectivity index (χ4v) is 2.43. The van der Waals surface area contributed by atoms with Crippen LogP contribution in [0.1, 0.15) is 12.8 Å². The SMILES string of the molecule is O=[N+]([O-])c1ccc2ccccc2c1NCCCCBr. The Bertz CT molecular complexity index is 587. The van der Waals surface area contributed by atoms with E-state index in [9.17, 15) is 10.1 Å². The summed E-state index contributed by atoms with van der Waals surface area (Å²) in [7, 11) is 0. The molecule has 0 bridgehead atoms. The number of unbranched alkanes of at least 4 members (excludes halogenated alkanes) is 1. The van der Waals surface area contributed by atoms with Gasteiger partial charge in [0.25, 0.3) is 5.69 Å². The minimum absolute atomic E-state index is 0.137. The van der Waals surface area contributed by atoms with Gasteiger partial charge in [-0.05, 0) is 24.3 Å². The molecular formula is C14H15BrN2O2. The van der Waals surface area contributed by atoms with Gasteiger partial charge in [0.05, 0.1) is 4.92 Å². The van der Waals surface area contributed by atoms with Gasteiger partial charge in [0.1, 0.15) is 5.69 Å². The third-order valence-electron chi connectivity index (χ3n) is 2.97. The molecular weight excluding hydrogens is 308 g/mol. The maximum Gasteiger partial charge on any atom is 0.292 e. The second-order valence-corrected chi connectivity index (χ2v) is 5.05. The average molecular weight is 323 g/mol. The number of hydrogen-bond donors (Lipinski definition) is 1. The summed E-state index contributed by atoms with van der Waals surface area (Å²) >= 11 is 3.38. The molecule has 0 atom stereocenters. The van der Waals surface area contributed by atoms with Crippen molar-refractivity contribution >= 4 is 38.1 Å². The van der Waals surface area contributed by atoms with Gasteiger partial charge in [-0.1, -0.05) is 40.2 Å². The molecule has 0 saturated carbocycles. The van der Waals surface area contributed by atoms with Crippen molar-refractivity contribution in [1.82, 2.24) is 0 Å². The first kappa shape index (κ1) is 13.8. The first-order valence-corrected chi connectivity index (χ1v) is 7.32. The van der Waals surface area contributed by atoms with Crippen molar-refractivity contribution < 1.29 is 4.92 Å². The lowest BCUT2D eigenvalue weighted by Crippen LogP contribution is -2.05. The number of nitrogens with zero attached hydrogens (tertiary/aromatic N) is 1. The third kappa shape index (κ3) is 3.23. The molecule has 5 heteroatoms. The number of hydrogen-bond acceptors (Lipinski definition) is 3. The number of rotatable bonds is 6. The standard InChI is InChI=1S/C14H15BrN2O2/c15-9-3-4-10-16-14-12-6-2-1-5-11(12)7-8-13(14)17(18)19/h1-2,5-8,16H,3-4,9-10H2. The largest absolute Gasteiger partial charge is 0.379 e. The number of alkyl halides is 1. The quantitative estimate of drug-likeness (QED) is 0.372. The average Bonchev–Trinajstić information content (AvgIpc) is 2.43. The first-order chi connectivity index (χ1) is 9.24. The maximum absolute atomic E-state index is 11.1. The van der Waals surface area contributed by atoms with Gasteiger partial charge in [0.15, 0.2) is 0 Å². The Kier molecular flexibility index (Phi) is 4.74. The number of nitrogens with one attached hydrogen (secondary N) is 1. The molecule has 0 heterocycles. The van der Waals surface area contributed by atoms with Crippen LogP contribution in [0, 0.1) is 10.1 Å². The van der Waals surface area contributed by atoms with E-state index in [2.05, 4.69) is 21.2 Å². The number of nitro benzene ring substituents is 1. The Balaban J connectivity index is 2.35. The fraction of sp³-hybridized carbons (Fsp3) is 0.286. The molecule has 0 aromatic heterocycles. The Morgan fingerprint density at radius 1 is 1.16 bits per heavy atom. The highest BCUT2D eigenvalue weighted by molar-refractivity contribution is 9.09. The van der Waals surface area contributed by atoms with E-state index in [1.807, 2.05) is 24.3 Å². The lowest BCUT2D eigenvalue weighted by atomic mass is 10.1. The zero-order valence-corrected chi connectivity index (χ0v) is 12.0. The molecule has 2 aromatic rings. The van der Waals surface area contributed by atoms with E-state index in [0.717, 1.165) is 35.5 Å². The van der Waals surface area contributed by atoms with Crippen LogP contribution in [0.5, 0.6) is 0 Å². The molecule has 1 N–H and O–H groups in total. The molecule has 100 valence electrons. The number of benzene rings is 2. The Hall–Kier alpha value is -1.62. The van der Waals surface area contributed by atoms with Gasteiger partial charge in [0, 0.05) is 23.3 Å². The third-order valence-corrected chi connectivity index (χ3v) is 3.53. The summed E-state index contributed by atoms with van der Waals surface area (Å²) in [5.74, 6) is 0. The smallest absolute Gasteiger partial charge is 0.292 e. The monoisotopic (exact) mass is 322 g/mol. The summed E-state index contributed by atoms with van der Waals surface area (Å²) in [6.45, 7) is 0.737. The molecule has 0 aliphatic carbocycles. The van der Waals surface area contributed by atoms with Crippen LogP contribution < -0.4 is 5.32 Å². The molecule has 0 radical (unpaired) electrons. The molecule has 0 aliphatic heterocycles. The minimum atomic E-state index is -0.334. The zero-order chi connectivity index (χ0) is 13.7. The van der Waals surface area contributed by atoms with Gasteiger partial charge < -0.3 is 5.32 Å². The molecule has 0 unspecified atom stereocenters. The van der Waals surface area contributed by atoms with E-state index >= 15 is 0 Å². The molecule has 2 aromatic carbocycles. The molecule has 0 aliphatic rings. The zero-order valence-electron chi connectivity index (χ0n) is 10.4. The van der Waals surface area contributed by atoms with Crippen molar-refractivity contribution in [2.75, 3.05) is 17.2 Å². The van der Waals surface area contributed by atoms with E-state index in [0.29, 0.717) is 5.69 Å². The van der Waals surface area contributed by atoms with E-state index in [4.69, 9.17) is 0 Å². The normalized spacial score (nSPS) is 10.6. The number of halogens is 1. The highest BCUT2D eigenvalue weighted by atomic mass is 79.9. The van der Waals surface area contributed by atoms with Gasteiger partial charge in [-0.25, -0.2) is 0 Å². The molecule has 0 saturated heterocycles. The Morgan fingerprint density at radius 3 is 2.68 bits per heavy atom. The van der Waals surface area contributed by atoms with E-state index in [-0.39, 0.29) is 10.6 Å². The molecule has 19 heavy (non-hydrogen) atoms. The topological polar surface area (TPSA) is 55.2 Å². The highest BCUT2D eigenvalue weighted by Crippen LogP contribution is 2.32. The van der Waals surface area contributed by atoms with Crippen molar-refractivity contribution in [3.05, 3.63) is 46.5 Å². The van der Waals surface area contributed by atoms with E-state index in [1.165, 1.54) is 0 Å². The summed E-state index contributed by atoms with van der Waals surface area (Å²) in [6.07, 6.45) is 2.02. The molecule has 0 spiro atoms. The predicted molar refractivity (Wildman–Crippen MR) is 82.1 cm³/mol. The van der Waals surface area contributed by atoms with Crippen LogP contribution in [-0.4, -0.2) is 16.8 Å². The van der Waals surface area contributed by atoms with Gasteiger partial charge in [0.2, 0.25) is 0 Å². The summed E-state index contributed by atoms with van der Waals surface area (Å²) < 4.78 is 0. The van der Waals surface area contributed by atoms with Gasteiger partial charge in [-0.15, -0.1) is 0 Å². The Morgan fingerprint density at radius 2 is 1.95 bits per heavy atom. The second kappa shape index (κ2) is 6.52. The van der Waals surface area contributed by atoms with Gasteiger partial charge in [-0.3, -0.25) is 10.1 Å². The van der Waals surface area contributed by atoms with Crippen LogP contribution in [0.4, 0.5) is 11.4 Å². The number of nitro groups is 1. The van der Waals surface area contributed by atoms with Crippen molar-refractivity contribution in [1.29, 1.82) is 0 Å². The highest BCUT2D eigenvalue weighted by Gasteiger charge is 2.15. The van der Waals surface area contributed by atoms with Gasteiger partial charge in [-0.2, -0.15) is 0 Å². The van der Waals surface area contributed by atoms with Crippen molar-refractivity contribution in [2.45, 2.75) is 12.8 Å². The molecule has 0 fully saturated rings. The van der Waals surface area contributed by atoms with Gasteiger partial charge >= 0.3 is 0 Å². The first-order valence-electron chi connectivity index (χ1n) is 6.20. The predicted octanol–water partition coefficient (Wildman–Crippen LogP) is 4.34. The lowest BCUT2D eigenvalue weighted by molar-refractivity contribution is -0.383. The van der Waals surface area contributed by atoms with Crippen molar-refractivity contribution in [2.24, 2.45) is 0 Å².